The molecule has 0 aliphatic rings. The van der Waals surface area contributed by atoms with Crippen molar-refractivity contribution in [1.29, 1.82) is 0 Å². The maximum atomic E-state index is 11.9. The fraction of sp³-hybridized carbons (Fsp3) is 0.186. The Hall–Kier alpha value is -6.35. The maximum Gasteiger partial charge on any atom is 0.148 e. The van der Waals surface area contributed by atoms with Crippen LogP contribution >= 0.6 is 0 Å². The summed E-state index contributed by atoms with van der Waals surface area (Å²) >= 11 is 0. The molecule has 0 aliphatic carbocycles. The molecule has 0 radical (unpaired) electrons. The predicted molar refractivity (Wildman–Crippen MR) is 264 cm³/mol. The van der Waals surface area contributed by atoms with Gasteiger partial charge in [-0.25, -0.2) is 4.98 Å². The van der Waals surface area contributed by atoms with Crippen molar-refractivity contribution in [3.05, 3.63) is 192 Å². The summed E-state index contributed by atoms with van der Waals surface area (Å²) < 4.78 is 140. The number of rotatable bonds is 7. The van der Waals surface area contributed by atoms with Crippen LogP contribution in [0.3, 0.4) is 0 Å². The number of phenolic OH excluding ortho intramolecular Hbond substituents is 1. The van der Waals surface area contributed by atoms with Crippen LogP contribution in [0, 0.1) is 26.8 Å². The summed E-state index contributed by atoms with van der Waals surface area (Å²) in [7, 11) is 0. The molecular formula is C59H54N3OPt-. The van der Waals surface area contributed by atoms with Crippen LogP contribution in [0.1, 0.15) is 91.1 Å². The summed E-state index contributed by atoms with van der Waals surface area (Å²) in [6.45, 7) is 0.483. The quantitative estimate of drug-likeness (QED) is 0.162. The van der Waals surface area contributed by atoms with Gasteiger partial charge in [-0.2, -0.15) is 0 Å². The number of aromatic hydroxyl groups is 1. The molecule has 2 aromatic heterocycles. The molecule has 0 amide bonds. The van der Waals surface area contributed by atoms with Crippen molar-refractivity contribution in [3.63, 3.8) is 0 Å². The number of aromatic nitrogens is 3. The first kappa shape index (κ1) is 28.4. The van der Waals surface area contributed by atoms with Gasteiger partial charge in [0, 0.05) is 50.8 Å². The van der Waals surface area contributed by atoms with E-state index < -0.39 is 85.1 Å². The van der Waals surface area contributed by atoms with E-state index in [4.69, 9.17) is 22.8 Å². The van der Waals surface area contributed by atoms with E-state index >= 15 is 0 Å². The zero-order valence-electron chi connectivity index (χ0n) is 52.1. The van der Waals surface area contributed by atoms with Crippen LogP contribution < -0.4 is 0 Å². The van der Waals surface area contributed by atoms with Gasteiger partial charge in [-0.15, -0.1) is 23.8 Å². The van der Waals surface area contributed by atoms with Crippen molar-refractivity contribution in [1.82, 2.24) is 14.5 Å². The molecule has 0 bridgehead atoms. The Balaban J connectivity index is 0.00000841. The monoisotopic (exact) mass is 1030 g/mol. The van der Waals surface area contributed by atoms with Crippen molar-refractivity contribution in [2.45, 2.75) is 72.9 Å². The molecule has 322 valence electrons. The number of benzene rings is 7. The van der Waals surface area contributed by atoms with Crippen LogP contribution in [0.25, 0.3) is 83.9 Å². The van der Waals surface area contributed by atoms with Crippen LogP contribution in [-0.4, -0.2) is 19.6 Å². The van der Waals surface area contributed by atoms with Crippen molar-refractivity contribution in [3.8, 4) is 78.6 Å². The molecule has 0 aliphatic heterocycles. The van der Waals surface area contributed by atoms with Gasteiger partial charge in [0.15, 0.2) is 0 Å². The summed E-state index contributed by atoms with van der Waals surface area (Å²) in [5, 5.41) is 11.9. The summed E-state index contributed by atoms with van der Waals surface area (Å²) in [5.74, 6) is 0.482. The SMILES string of the molecule is [2H]c1nc(-c2[c-]c(-c3cccc4c3nc(-c3cc(C)cc(C)c3O)n4-c3ccc(C)cc3-c3ccc(C(C)(C)C)cc3)cc(-c3ccccc3)c2)c([2H])c(-c2c([2H])c([2H])c(C(C([2H])([2H])[2H])(C([2H])([2H])[2H])C([2H])([2H])[2H])c([2H])c2[2H])c1[2H].[Pt]. The second-order valence-electron chi connectivity index (χ2n) is 17.0. The molecule has 1 N–H and O–H groups in total. The topological polar surface area (TPSA) is 50.9 Å². The Morgan fingerprint density at radius 3 is 2.05 bits per heavy atom. The molecule has 0 saturated heterocycles. The number of hydrogen-bond acceptors (Lipinski definition) is 3. The standard InChI is InChI=1S/C59H54N3O.Pt/c1-37-18-27-53(50(31-37)42-21-25-48(26-22-42)59(7,8)9)62-54-17-13-16-49(55(54)61-57(62)51-32-38(2)30-39(3)56(51)63)45-33-44(40-14-11-10-12-15-40)34-46(35-45)52-36-43(28-29-60-52)41-19-23-47(24-20-41)58(4,5)6;/h10-34,36,63H,1-9H3;/q-1;/i4D3,5D3,6D3,19D,20D,23D,24D,28D,29D,36D;. The van der Waals surface area contributed by atoms with Gasteiger partial charge in [-0.1, -0.05) is 173 Å². The average Bonchev–Trinajstić information content (AvgIpc) is 3.03. The molecule has 0 saturated carbocycles. The Morgan fingerprint density at radius 2 is 1.33 bits per heavy atom. The van der Waals surface area contributed by atoms with Crippen LogP contribution in [0.5, 0.6) is 5.75 Å². The van der Waals surface area contributed by atoms with E-state index in [1.807, 2.05) is 104 Å². The number of hydrogen-bond donors (Lipinski definition) is 1. The van der Waals surface area contributed by atoms with E-state index in [0.717, 1.165) is 27.9 Å². The van der Waals surface area contributed by atoms with Gasteiger partial charge in [0.25, 0.3) is 0 Å². The van der Waals surface area contributed by atoms with Crippen molar-refractivity contribution in [2.24, 2.45) is 0 Å². The van der Waals surface area contributed by atoms with Gasteiger partial charge < -0.3 is 5.11 Å². The molecule has 9 aromatic rings. The Morgan fingerprint density at radius 1 is 0.609 bits per heavy atom. The molecule has 2 heterocycles. The summed E-state index contributed by atoms with van der Waals surface area (Å²) in [6.07, 6.45) is -0.760. The van der Waals surface area contributed by atoms with E-state index in [1.54, 1.807) is 6.07 Å². The fourth-order valence-electron chi connectivity index (χ4n) is 7.93. The van der Waals surface area contributed by atoms with Gasteiger partial charge >= 0.3 is 0 Å². The van der Waals surface area contributed by atoms with Gasteiger partial charge in [0.2, 0.25) is 0 Å². The van der Waals surface area contributed by atoms with Gasteiger partial charge in [-0.05, 0) is 106 Å². The number of imidazole rings is 1. The molecule has 5 heteroatoms. The van der Waals surface area contributed by atoms with Gasteiger partial charge in [0.05, 0.1) is 31.9 Å². The van der Waals surface area contributed by atoms with Crippen LogP contribution in [0.4, 0.5) is 0 Å². The first-order valence-electron chi connectivity index (χ1n) is 28.6. The molecule has 0 fully saturated rings. The Kier molecular flexibility index (Phi) is 7.70. The zero-order chi connectivity index (χ0) is 57.8. The fourth-order valence-corrected chi connectivity index (χ4v) is 7.93. The minimum Gasteiger partial charge on any atom is -0.507 e. The van der Waals surface area contributed by atoms with Crippen LogP contribution in [-0.2, 0) is 31.9 Å². The van der Waals surface area contributed by atoms with Gasteiger partial charge in [-0.3, -0.25) is 9.55 Å². The van der Waals surface area contributed by atoms with Crippen molar-refractivity contribution >= 4 is 11.0 Å². The largest absolute Gasteiger partial charge is 0.507 e. The number of nitrogens with zero attached hydrogens (tertiary/aromatic N) is 3. The number of aryl methyl sites for hydroxylation is 3. The minimum atomic E-state index is -3.93. The zero-order valence-corrected chi connectivity index (χ0v) is 38.3. The number of para-hydroxylation sites is 1. The van der Waals surface area contributed by atoms with Gasteiger partial charge in [0.1, 0.15) is 11.6 Å². The number of pyridine rings is 1. The summed E-state index contributed by atoms with van der Waals surface area (Å²) in [6, 6.07) is 33.8. The third kappa shape index (κ3) is 8.65. The van der Waals surface area contributed by atoms with E-state index in [-0.39, 0.29) is 43.5 Å². The van der Waals surface area contributed by atoms with E-state index in [0.29, 0.717) is 50.2 Å². The van der Waals surface area contributed by atoms with E-state index in [9.17, 15) is 9.22 Å². The molecule has 4 nitrogen and oxygen atoms in total. The third-order valence-corrected chi connectivity index (χ3v) is 11.2. The van der Waals surface area contributed by atoms with E-state index in [1.165, 1.54) is 5.56 Å². The maximum absolute atomic E-state index is 11.9. The summed E-state index contributed by atoms with van der Waals surface area (Å²) in [5.41, 5.74) is 3.28. The smallest absolute Gasteiger partial charge is 0.148 e. The average molecular weight is 1030 g/mol. The predicted octanol–water partition coefficient (Wildman–Crippen LogP) is 15.4. The second-order valence-corrected chi connectivity index (χ2v) is 17.0. The summed E-state index contributed by atoms with van der Waals surface area (Å²) in [4.78, 5) is 9.76. The van der Waals surface area contributed by atoms with E-state index in [2.05, 4.69) is 62.2 Å². The molecule has 9 rings (SSSR count). The molecule has 64 heavy (non-hydrogen) atoms. The molecule has 0 unspecified atom stereocenters. The molecule has 0 spiro atoms. The number of fused-ring (bicyclic) bond motifs is 1. The normalized spacial score (nSPS) is 16.0. The molecule has 7 aromatic carbocycles. The minimum absolute atomic E-state index is 0. The molecular weight excluding hydrogens is 962 g/mol. The van der Waals surface area contributed by atoms with Crippen LogP contribution in [0.2, 0.25) is 0 Å². The number of phenols is 1. The Labute approximate surface area is 415 Å². The Bertz CT molecular complexity index is 3850. The van der Waals surface area contributed by atoms with Crippen molar-refractivity contribution < 1.29 is 48.1 Å². The molecule has 0 atom stereocenters. The second kappa shape index (κ2) is 17.3. The third-order valence-electron chi connectivity index (χ3n) is 11.2. The first-order valence-corrected chi connectivity index (χ1v) is 20.6. The van der Waals surface area contributed by atoms with Crippen LogP contribution in [0.15, 0.2) is 158 Å². The first-order chi connectivity index (χ1) is 36.8. The van der Waals surface area contributed by atoms with Crippen molar-refractivity contribution in [2.75, 3.05) is 0 Å².